The van der Waals surface area contributed by atoms with Crippen LogP contribution in [-0.4, -0.2) is 43.7 Å². The van der Waals surface area contributed by atoms with Crippen molar-refractivity contribution in [2.45, 2.75) is 90.1 Å². The molecule has 2 atom stereocenters. The van der Waals surface area contributed by atoms with Crippen LogP contribution < -0.4 is 14.8 Å². The molecule has 0 fully saturated rings. The van der Waals surface area contributed by atoms with Gasteiger partial charge in [-0.3, -0.25) is 4.79 Å². The molecule has 0 saturated heterocycles. The number of anilines is 1. The first-order valence-electron chi connectivity index (χ1n) is 13.7. The second-order valence-corrected chi connectivity index (χ2v) is 10.8. The number of hydrogen-bond acceptors (Lipinski definition) is 6. The minimum Gasteiger partial charge on any atom is -0.493 e. The summed E-state index contributed by atoms with van der Waals surface area (Å²) in [4.78, 5) is 25.3. The van der Waals surface area contributed by atoms with Crippen LogP contribution in [0.15, 0.2) is 36.4 Å². The molecule has 2 N–H and O–H groups in total. The molecular weight excluding hydrogens is 520 g/mol. The summed E-state index contributed by atoms with van der Waals surface area (Å²) in [5, 5.41) is 13.3. The van der Waals surface area contributed by atoms with Gasteiger partial charge in [0, 0.05) is 17.7 Å². The zero-order valence-electron chi connectivity index (χ0n) is 24.6. The Morgan fingerprint density at radius 1 is 1.02 bits per heavy atom. The number of unbranched alkanes of at least 4 members (excludes halogenated alkanes) is 2. The fourth-order valence-electron chi connectivity index (χ4n) is 4.70. The van der Waals surface area contributed by atoms with E-state index in [1.165, 1.54) is 19.1 Å². The lowest BCUT2D eigenvalue weighted by atomic mass is 9.84. The SMILES string of the molecule is CCCCCC(CC(=O)Nc1cc(C(O)C(F)(F)C(=O)OCC)ccc1C(C)(C)C)c1cccc(OC)c1OC. The number of ether oxygens (including phenoxy) is 3. The highest BCUT2D eigenvalue weighted by Gasteiger charge is 2.49. The number of carbonyl (C=O) groups excluding carboxylic acids is 2. The van der Waals surface area contributed by atoms with Gasteiger partial charge >= 0.3 is 11.9 Å². The Labute approximate surface area is 236 Å². The number of hydrogen-bond donors (Lipinski definition) is 2. The van der Waals surface area contributed by atoms with Crippen molar-refractivity contribution in [2.75, 3.05) is 26.1 Å². The summed E-state index contributed by atoms with van der Waals surface area (Å²) in [5.41, 5.74) is 1.17. The second-order valence-electron chi connectivity index (χ2n) is 10.8. The van der Waals surface area contributed by atoms with E-state index >= 15 is 0 Å². The molecule has 2 rings (SSSR count). The summed E-state index contributed by atoms with van der Waals surface area (Å²) in [7, 11) is 3.12. The number of carbonyl (C=O) groups is 2. The Morgan fingerprint density at radius 3 is 2.30 bits per heavy atom. The third kappa shape index (κ3) is 8.16. The summed E-state index contributed by atoms with van der Waals surface area (Å²) >= 11 is 0. The molecule has 2 aromatic carbocycles. The van der Waals surface area contributed by atoms with E-state index in [9.17, 15) is 23.5 Å². The molecule has 0 aliphatic rings. The number of nitrogens with one attached hydrogen (secondary N) is 1. The van der Waals surface area contributed by atoms with Crippen molar-refractivity contribution in [1.82, 2.24) is 0 Å². The predicted octanol–water partition coefficient (Wildman–Crippen LogP) is 6.93. The van der Waals surface area contributed by atoms with Gasteiger partial charge in [0.25, 0.3) is 0 Å². The molecule has 9 heteroatoms. The summed E-state index contributed by atoms with van der Waals surface area (Å²) in [6, 6.07) is 9.79. The second kappa shape index (κ2) is 14.4. The highest BCUT2D eigenvalue weighted by Crippen LogP contribution is 2.40. The first kappa shape index (κ1) is 33.0. The molecule has 0 aliphatic heterocycles. The Bertz CT molecular complexity index is 1150. The molecule has 2 unspecified atom stereocenters. The normalized spacial score (nSPS) is 13.3. The van der Waals surface area contributed by atoms with Crippen LogP contribution in [0, 0.1) is 0 Å². The molecule has 7 nitrogen and oxygen atoms in total. The van der Waals surface area contributed by atoms with Crippen LogP contribution in [0.25, 0.3) is 0 Å². The van der Waals surface area contributed by atoms with Crippen molar-refractivity contribution in [3.8, 4) is 11.5 Å². The van der Waals surface area contributed by atoms with Gasteiger partial charge in [-0.15, -0.1) is 0 Å². The van der Waals surface area contributed by atoms with Gasteiger partial charge in [-0.2, -0.15) is 8.78 Å². The van der Waals surface area contributed by atoms with E-state index in [2.05, 4.69) is 17.0 Å². The minimum atomic E-state index is -4.16. The van der Waals surface area contributed by atoms with Crippen LogP contribution in [0.2, 0.25) is 0 Å². The fourth-order valence-corrected chi connectivity index (χ4v) is 4.70. The molecule has 0 aromatic heterocycles. The van der Waals surface area contributed by atoms with Gasteiger partial charge in [-0.25, -0.2) is 4.79 Å². The van der Waals surface area contributed by atoms with E-state index < -0.39 is 23.4 Å². The number of para-hydroxylation sites is 1. The van der Waals surface area contributed by atoms with Crippen LogP contribution >= 0.6 is 0 Å². The third-order valence-corrected chi connectivity index (χ3v) is 6.79. The quantitative estimate of drug-likeness (QED) is 0.191. The van der Waals surface area contributed by atoms with Crippen molar-refractivity contribution in [2.24, 2.45) is 0 Å². The zero-order valence-corrected chi connectivity index (χ0v) is 24.6. The van der Waals surface area contributed by atoms with E-state index in [1.54, 1.807) is 26.4 Å². The highest BCUT2D eigenvalue weighted by molar-refractivity contribution is 5.92. The number of halogens is 2. The number of alkyl halides is 2. The average molecular weight is 564 g/mol. The van der Waals surface area contributed by atoms with Gasteiger partial charge < -0.3 is 24.6 Å². The Hall–Kier alpha value is -3.20. The predicted molar refractivity (Wildman–Crippen MR) is 151 cm³/mol. The molecule has 0 spiro atoms. The first-order chi connectivity index (χ1) is 18.8. The fraction of sp³-hybridized carbons (Fsp3) is 0.548. The molecule has 0 heterocycles. The monoisotopic (exact) mass is 563 g/mol. The van der Waals surface area contributed by atoms with E-state index in [0.717, 1.165) is 31.2 Å². The maximum Gasteiger partial charge on any atom is 0.380 e. The van der Waals surface area contributed by atoms with Crippen LogP contribution in [-0.2, 0) is 19.7 Å². The average Bonchev–Trinajstić information content (AvgIpc) is 2.90. The number of benzene rings is 2. The van der Waals surface area contributed by atoms with Crippen molar-refractivity contribution in [3.63, 3.8) is 0 Å². The molecule has 0 bridgehead atoms. The molecule has 40 heavy (non-hydrogen) atoms. The van der Waals surface area contributed by atoms with Crippen molar-refractivity contribution < 1.29 is 37.7 Å². The lowest BCUT2D eigenvalue weighted by molar-refractivity contribution is -0.189. The molecule has 2 aromatic rings. The zero-order chi connectivity index (χ0) is 30.1. The lowest BCUT2D eigenvalue weighted by Gasteiger charge is -2.27. The van der Waals surface area contributed by atoms with Crippen molar-refractivity contribution in [1.29, 1.82) is 0 Å². The van der Waals surface area contributed by atoms with Crippen LogP contribution in [0.5, 0.6) is 11.5 Å². The standard InChI is InChI=1S/C31H43F2NO6/c1-8-10-11-13-20(22-14-12-15-25(38-6)27(22)39-7)19-26(35)34-24-18-21(16-17-23(24)30(3,4)5)28(36)31(32,33)29(37)40-9-2/h12,14-18,20,28,36H,8-11,13,19H2,1-7H3,(H,34,35). The summed E-state index contributed by atoms with van der Waals surface area (Å²) < 4.78 is 44.8. The van der Waals surface area contributed by atoms with Crippen molar-refractivity contribution in [3.05, 3.63) is 53.1 Å². The lowest BCUT2D eigenvalue weighted by Crippen LogP contribution is -2.37. The topological polar surface area (TPSA) is 94.1 Å². The molecular formula is C31H43F2NO6. The van der Waals surface area contributed by atoms with Gasteiger partial charge in [0.2, 0.25) is 5.91 Å². The highest BCUT2D eigenvalue weighted by atomic mass is 19.3. The molecule has 1 amide bonds. The largest absolute Gasteiger partial charge is 0.493 e. The van der Waals surface area contributed by atoms with Crippen LogP contribution in [0.3, 0.4) is 0 Å². The number of aliphatic hydroxyl groups is 1. The van der Waals surface area contributed by atoms with Gasteiger partial charge in [0.05, 0.1) is 20.8 Å². The number of methoxy groups -OCH3 is 2. The van der Waals surface area contributed by atoms with Crippen LogP contribution in [0.1, 0.15) is 95.4 Å². The number of aliphatic hydroxyl groups excluding tert-OH is 1. The van der Waals surface area contributed by atoms with Gasteiger partial charge in [0.1, 0.15) is 0 Å². The van der Waals surface area contributed by atoms with E-state index in [-0.39, 0.29) is 30.4 Å². The Morgan fingerprint density at radius 2 is 1.73 bits per heavy atom. The van der Waals surface area contributed by atoms with Crippen LogP contribution in [0.4, 0.5) is 14.5 Å². The van der Waals surface area contributed by atoms with Gasteiger partial charge in [-0.05, 0) is 47.9 Å². The maximum absolute atomic E-state index is 14.6. The van der Waals surface area contributed by atoms with Gasteiger partial charge in [-0.1, -0.05) is 71.2 Å². The molecule has 0 radical (unpaired) electrons. The number of amides is 1. The Kier molecular flexibility index (Phi) is 11.9. The smallest absolute Gasteiger partial charge is 0.380 e. The number of rotatable bonds is 14. The van der Waals surface area contributed by atoms with Crippen molar-refractivity contribution >= 4 is 17.6 Å². The molecule has 0 saturated carbocycles. The third-order valence-electron chi connectivity index (χ3n) is 6.79. The Balaban J connectivity index is 2.44. The van der Waals surface area contributed by atoms with E-state index in [1.807, 2.05) is 32.9 Å². The van der Waals surface area contributed by atoms with Gasteiger partial charge in [0.15, 0.2) is 17.6 Å². The summed E-state index contributed by atoms with van der Waals surface area (Å²) in [5.74, 6) is -5.33. The minimum absolute atomic E-state index is 0.114. The molecule has 0 aliphatic carbocycles. The van der Waals surface area contributed by atoms with E-state index in [4.69, 9.17) is 9.47 Å². The molecule has 222 valence electrons. The maximum atomic E-state index is 14.6. The number of esters is 1. The first-order valence-corrected chi connectivity index (χ1v) is 13.7. The van der Waals surface area contributed by atoms with E-state index in [0.29, 0.717) is 22.7 Å². The summed E-state index contributed by atoms with van der Waals surface area (Å²) in [6.07, 6.45) is 1.34. The summed E-state index contributed by atoms with van der Waals surface area (Å²) in [6.45, 7) is 9.04.